The number of nitrogens with one attached hydrogen (secondary N) is 1. The van der Waals surface area contributed by atoms with Crippen molar-refractivity contribution in [3.8, 4) is 0 Å². The largest absolute Gasteiger partial charge is 0.381 e. The SMILES string of the molecule is NC(=O)C1(NCC[C@H]2CC[C@H](c3c(F)cc(F)cc3Cl)CC2)CCOCC1. The van der Waals surface area contributed by atoms with Crippen LogP contribution in [-0.4, -0.2) is 31.2 Å². The summed E-state index contributed by atoms with van der Waals surface area (Å²) >= 11 is 6.08. The van der Waals surface area contributed by atoms with Crippen LogP contribution in [0.3, 0.4) is 0 Å². The zero-order chi connectivity index (χ0) is 19.4. The Morgan fingerprint density at radius 3 is 2.48 bits per heavy atom. The van der Waals surface area contributed by atoms with Crippen LogP contribution in [0.15, 0.2) is 12.1 Å². The number of primary amides is 1. The summed E-state index contributed by atoms with van der Waals surface area (Å²) in [5.74, 6) is -0.947. The van der Waals surface area contributed by atoms with E-state index in [1.54, 1.807) is 0 Å². The van der Waals surface area contributed by atoms with E-state index in [1.165, 1.54) is 6.07 Å². The van der Waals surface area contributed by atoms with Gasteiger partial charge in [-0.05, 0) is 69.4 Å². The molecule has 0 bridgehead atoms. The monoisotopic (exact) mass is 400 g/mol. The third-order valence-corrected chi connectivity index (χ3v) is 6.45. The summed E-state index contributed by atoms with van der Waals surface area (Å²) in [6.45, 7) is 1.82. The molecule has 0 atom stereocenters. The lowest BCUT2D eigenvalue weighted by Crippen LogP contribution is -2.58. The highest BCUT2D eigenvalue weighted by molar-refractivity contribution is 6.31. The molecule has 0 aromatic heterocycles. The third kappa shape index (κ3) is 4.79. The van der Waals surface area contributed by atoms with Crippen molar-refractivity contribution in [2.24, 2.45) is 11.7 Å². The molecule has 1 aromatic rings. The zero-order valence-corrected chi connectivity index (χ0v) is 16.2. The van der Waals surface area contributed by atoms with Crippen LogP contribution in [0.25, 0.3) is 0 Å². The van der Waals surface area contributed by atoms with Crippen LogP contribution in [-0.2, 0) is 9.53 Å². The summed E-state index contributed by atoms with van der Waals surface area (Å²) in [5, 5.41) is 3.55. The van der Waals surface area contributed by atoms with Gasteiger partial charge in [0.2, 0.25) is 5.91 Å². The molecule has 2 aliphatic rings. The van der Waals surface area contributed by atoms with Crippen LogP contribution in [0.2, 0.25) is 5.02 Å². The number of amides is 1. The molecule has 150 valence electrons. The van der Waals surface area contributed by atoms with Gasteiger partial charge in [-0.15, -0.1) is 0 Å². The van der Waals surface area contributed by atoms with Gasteiger partial charge < -0.3 is 15.8 Å². The average molecular weight is 401 g/mol. The Labute approximate surface area is 163 Å². The van der Waals surface area contributed by atoms with E-state index in [2.05, 4.69) is 5.32 Å². The number of nitrogens with two attached hydrogens (primary N) is 1. The number of ether oxygens (including phenoxy) is 1. The van der Waals surface area contributed by atoms with Crippen molar-refractivity contribution in [3.05, 3.63) is 34.4 Å². The summed E-state index contributed by atoms with van der Waals surface area (Å²) in [5.41, 5.74) is 5.41. The minimum atomic E-state index is -0.653. The fraction of sp³-hybridized carbons (Fsp3) is 0.650. The number of hydrogen-bond donors (Lipinski definition) is 2. The number of halogens is 3. The maximum Gasteiger partial charge on any atom is 0.237 e. The first-order valence-corrected chi connectivity index (χ1v) is 10.1. The highest BCUT2D eigenvalue weighted by atomic mass is 35.5. The quantitative estimate of drug-likeness (QED) is 0.761. The number of rotatable bonds is 6. The first-order valence-electron chi connectivity index (χ1n) is 9.68. The van der Waals surface area contributed by atoms with Crippen LogP contribution in [0, 0.1) is 17.6 Å². The number of carbonyl (C=O) groups excluding carboxylic acids is 1. The van der Waals surface area contributed by atoms with Gasteiger partial charge in [0.15, 0.2) is 0 Å². The van der Waals surface area contributed by atoms with Gasteiger partial charge in [-0.2, -0.15) is 0 Å². The Balaban J connectivity index is 1.49. The van der Waals surface area contributed by atoms with E-state index in [9.17, 15) is 13.6 Å². The Hall–Kier alpha value is -1.24. The minimum Gasteiger partial charge on any atom is -0.381 e. The molecule has 0 spiro atoms. The highest BCUT2D eigenvalue weighted by Crippen LogP contribution is 2.41. The number of benzene rings is 1. The van der Waals surface area contributed by atoms with Crippen molar-refractivity contribution in [1.29, 1.82) is 0 Å². The van der Waals surface area contributed by atoms with Crippen LogP contribution in [0.4, 0.5) is 8.78 Å². The summed E-state index contributed by atoms with van der Waals surface area (Å²) in [7, 11) is 0. The molecular formula is C20H27ClF2N2O2. The van der Waals surface area contributed by atoms with Crippen LogP contribution < -0.4 is 11.1 Å². The second-order valence-electron chi connectivity index (χ2n) is 7.77. The van der Waals surface area contributed by atoms with Gasteiger partial charge in [0.05, 0.1) is 0 Å². The Bertz CT molecular complexity index is 649. The second kappa shape index (κ2) is 8.84. The Morgan fingerprint density at radius 2 is 1.89 bits per heavy atom. The lowest BCUT2D eigenvalue weighted by Gasteiger charge is -2.36. The van der Waals surface area contributed by atoms with Crippen molar-refractivity contribution < 1.29 is 18.3 Å². The van der Waals surface area contributed by atoms with Crippen molar-refractivity contribution in [3.63, 3.8) is 0 Å². The normalized spacial score (nSPS) is 25.3. The fourth-order valence-corrected chi connectivity index (χ4v) is 4.78. The van der Waals surface area contributed by atoms with Gasteiger partial charge in [-0.25, -0.2) is 8.78 Å². The molecule has 1 saturated heterocycles. The predicted octanol–water partition coefficient (Wildman–Crippen LogP) is 3.91. The zero-order valence-electron chi connectivity index (χ0n) is 15.4. The van der Waals surface area contributed by atoms with Gasteiger partial charge >= 0.3 is 0 Å². The van der Waals surface area contributed by atoms with Crippen molar-refractivity contribution >= 4 is 17.5 Å². The molecule has 1 saturated carbocycles. The Kier molecular flexibility index (Phi) is 6.71. The standard InChI is InChI=1S/C20H27ClF2N2O2/c21-16-11-15(22)12-17(23)18(16)14-3-1-13(2-4-14)5-8-25-20(19(24)26)6-9-27-10-7-20/h11-14,25H,1-10H2,(H2,24,26)/t13-,14-. The molecule has 4 nitrogen and oxygen atoms in total. The Morgan fingerprint density at radius 1 is 1.22 bits per heavy atom. The lowest BCUT2D eigenvalue weighted by atomic mass is 9.77. The van der Waals surface area contributed by atoms with Crippen molar-refractivity contribution in [2.45, 2.75) is 56.4 Å². The van der Waals surface area contributed by atoms with E-state index in [-0.39, 0.29) is 16.8 Å². The molecule has 1 aromatic carbocycles. The van der Waals surface area contributed by atoms with E-state index >= 15 is 0 Å². The fourth-order valence-electron chi connectivity index (χ4n) is 4.43. The van der Waals surface area contributed by atoms with Crippen molar-refractivity contribution in [1.82, 2.24) is 5.32 Å². The molecule has 1 heterocycles. The molecular weight excluding hydrogens is 374 g/mol. The van der Waals surface area contributed by atoms with Gasteiger partial charge in [0.25, 0.3) is 0 Å². The van der Waals surface area contributed by atoms with E-state index in [4.69, 9.17) is 22.1 Å². The molecule has 3 rings (SSSR count). The van der Waals surface area contributed by atoms with E-state index < -0.39 is 17.2 Å². The van der Waals surface area contributed by atoms with E-state index in [0.717, 1.165) is 44.7 Å². The molecule has 2 fully saturated rings. The van der Waals surface area contributed by atoms with Crippen LogP contribution >= 0.6 is 11.6 Å². The van der Waals surface area contributed by atoms with Gasteiger partial charge in [-0.1, -0.05) is 11.6 Å². The number of hydrogen-bond acceptors (Lipinski definition) is 3. The van der Waals surface area contributed by atoms with Gasteiger partial charge in [-0.3, -0.25) is 4.79 Å². The molecule has 27 heavy (non-hydrogen) atoms. The van der Waals surface area contributed by atoms with Crippen molar-refractivity contribution in [2.75, 3.05) is 19.8 Å². The van der Waals surface area contributed by atoms with E-state index in [1.807, 2.05) is 0 Å². The van der Waals surface area contributed by atoms with Gasteiger partial charge in [0.1, 0.15) is 17.2 Å². The molecule has 7 heteroatoms. The van der Waals surface area contributed by atoms with Crippen LogP contribution in [0.1, 0.15) is 56.4 Å². The predicted molar refractivity (Wildman–Crippen MR) is 101 cm³/mol. The first-order chi connectivity index (χ1) is 12.9. The molecule has 1 amide bonds. The molecule has 1 aliphatic carbocycles. The number of carbonyl (C=O) groups is 1. The first kappa shape index (κ1) is 20.5. The highest BCUT2D eigenvalue weighted by Gasteiger charge is 2.38. The van der Waals surface area contributed by atoms with Gasteiger partial charge in [0, 0.05) is 29.9 Å². The second-order valence-corrected chi connectivity index (χ2v) is 8.18. The maximum atomic E-state index is 14.1. The topological polar surface area (TPSA) is 64.4 Å². The smallest absolute Gasteiger partial charge is 0.237 e. The lowest BCUT2D eigenvalue weighted by molar-refractivity contribution is -0.128. The molecule has 3 N–H and O–H groups in total. The minimum absolute atomic E-state index is 0.0368. The molecule has 1 aliphatic heterocycles. The average Bonchev–Trinajstić information content (AvgIpc) is 2.63. The molecule has 0 radical (unpaired) electrons. The summed E-state index contributed by atoms with van der Waals surface area (Å²) in [4.78, 5) is 11.9. The maximum absolute atomic E-state index is 14.1. The summed E-state index contributed by atoms with van der Waals surface area (Å²) < 4.78 is 32.7. The third-order valence-electron chi connectivity index (χ3n) is 6.13. The molecule has 0 unspecified atom stereocenters. The summed E-state index contributed by atoms with van der Waals surface area (Å²) in [6, 6.07) is 2.10. The summed E-state index contributed by atoms with van der Waals surface area (Å²) in [6.07, 6.45) is 5.76. The van der Waals surface area contributed by atoms with Crippen LogP contribution in [0.5, 0.6) is 0 Å². The van der Waals surface area contributed by atoms with E-state index in [0.29, 0.717) is 37.5 Å².